The highest BCUT2D eigenvalue weighted by atomic mass is 16.7. The van der Waals surface area contributed by atoms with Crippen molar-refractivity contribution in [3.8, 4) is 23.0 Å². The van der Waals surface area contributed by atoms with Gasteiger partial charge in [0.25, 0.3) is 0 Å². The molecule has 472 valence electrons. The number of ketones is 3. The third kappa shape index (κ3) is 12.8. The van der Waals surface area contributed by atoms with E-state index in [2.05, 4.69) is 6.08 Å². The zero-order chi connectivity index (χ0) is 64.6. The number of Topliss-reactive ketones (excluding diaryl/α,β-unsaturated/α-hetero) is 3. The van der Waals surface area contributed by atoms with Crippen LogP contribution in [0.2, 0.25) is 0 Å². The van der Waals surface area contributed by atoms with Gasteiger partial charge >= 0.3 is 17.9 Å². The molecule has 89 heavy (non-hydrogen) atoms. The number of allylic oxidation sites excluding steroid dienone is 5. The number of amides is 1. The van der Waals surface area contributed by atoms with Crippen molar-refractivity contribution in [2.24, 2.45) is 23.7 Å². The van der Waals surface area contributed by atoms with Crippen LogP contribution in [0.15, 0.2) is 119 Å². The summed E-state index contributed by atoms with van der Waals surface area (Å²) < 4.78 is 45.0. The molecule has 4 aromatic carbocycles. The fraction of sp³-hybridized carbons (Fsp3) is 0.466. The van der Waals surface area contributed by atoms with Crippen LogP contribution < -0.4 is 18.9 Å². The van der Waals surface area contributed by atoms with E-state index in [9.17, 15) is 29.1 Å². The number of aryl methyl sites for hydroxylation is 1. The molecular formula is C73H85NO15. The molecule has 16 heteroatoms. The van der Waals surface area contributed by atoms with Crippen LogP contribution in [0.5, 0.6) is 23.0 Å². The first-order chi connectivity index (χ1) is 42.1. The highest BCUT2D eigenvalue weighted by Crippen LogP contribution is 2.63. The van der Waals surface area contributed by atoms with E-state index >= 15 is 9.59 Å². The second-order valence-corrected chi connectivity index (χ2v) is 25.8. The maximum atomic E-state index is 16.2. The molecule has 2 fully saturated rings. The Kier molecular flexibility index (Phi) is 19.3. The number of fused-ring (bicyclic) bond motifs is 5. The summed E-state index contributed by atoms with van der Waals surface area (Å²) in [6.45, 7) is 23.3. The maximum absolute atomic E-state index is 16.2. The van der Waals surface area contributed by atoms with Crippen molar-refractivity contribution < 1.29 is 71.8 Å². The molecule has 10 rings (SSSR count). The smallest absolute Gasteiger partial charge is 0.343 e. The third-order valence-electron chi connectivity index (χ3n) is 18.5. The first-order valence-electron chi connectivity index (χ1n) is 31.2. The average Bonchev–Trinajstić information content (AvgIpc) is 0.670. The summed E-state index contributed by atoms with van der Waals surface area (Å²) >= 11 is 0. The van der Waals surface area contributed by atoms with Gasteiger partial charge in [0.05, 0.1) is 23.3 Å². The van der Waals surface area contributed by atoms with Gasteiger partial charge in [-0.3, -0.25) is 28.8 Å². The lowest BCUT2D eigenvalue weighted by Gasteiger charge is -2.61. The topological polar surface area (TPSA) is 208 Å². The molecule has 6 aliphatic rings. The Bertz CT molecular complexity index is 3630. The first kappa shape index (κ1) is 65.5. The molecule has 3 aliphatic heterocycles. The summed E-state index contributed by atoms with van der Waals surface area (Å²) in [6.07, 6.45) is 9.71. The lowest BCUT2D eigenvalue weighted by Crippen LogP contribution is -2.75. The summed E-state index contributed by atoms with van der Waals surface area (Å²) in [5, 5.41) is 15.7. The molecule has 6 unspecified atom stereocenters. The second-order valence-electron chi connectivity index (χ2n) is 25.8. The number of likely N-dealkylation sites (N-methyl/N-ethyl adjacent to an activating group) is 1. The van der Waals surface area contributed by atoms with Crippen LogP contribution in [0.3, 0.4) is 0 Å². The molecule has 1 spiro atoms. The summed E-state index contributed by atoms with van der Waals surface area (Å²) in [7, 11) is 1.56. The Morgan fingerprint density at radius 3 is 2.17 bits per heavy atom. The number of carbonyl (C=O) groups excluding carboxylic acids is 7. The molecular weight excluding hydrogens is 1130 g/mol. The zero-order valence-corrected chi connectivity index (χ0v) is 53.8. The van der Waals surface area contributed by atoms with Crippen LogP contribution in [-0.4, -0.2) is 106 Å². The first-order valence-corrected chi connectivity index (χ1v) is 31.2. The summed E-state index contributed by atoms with van der Waals surface area (Å²) in [5.41, 5.74) is -1.30. The van der Waals surface area contributed by atoms with E-state index in [0.717, 1.165) is 27.5 Å². The number of carbonyl (C=O) groups is 7. The number of hydrogen-bond acceptors (Lipinski definition) is 15. The zero-order valence-electron chi connectivity index (χ0n) is 53.8. The van der Waals surface area contributed by atoms with Crippen LogP contribution in [0.4, 0.5) is 0 Å². The van der Waals surface area contributed by atoms with Gasteiger partial charge in [0, 0.05) is 68.2 Å². The molecule has 11 atom stereocenters. The van der Waals surface area contributed by atoms with E-state index in [0.29, 0.717) is 42.6 Å². The molecule has 2 bridgehead atoms. The van der Waals surface area contributed by atoms with Crippen molar-refractivity contribution in [1.82, 2.24) is 4.90 Å². The van der Waals surface area contributed by atoms with Gasteiger partial charge in [-0.25, -0.2) is 4.79 Å². The largest absolute Gasteiger partial charge is 0.482 e. The Hall–Kier alpha value is -7.95. The number of benzene rings is 4. The molecule has 0 aromatic heterocycles. The van der Waals surface area contributed by atoms with Gasteiger partial charge < -0.3 is 43.2 Å². The predicted molar refractivity (Wildman–Crippen MR) is 338 cm³/mol. The van der Waals surface area contributed by atoms with Gasteiger partial charge in [-0.05, 0) is 146 Å². The lowest BCUT2D eigenvalue weighted by atomic mass is 9.49. The van der Waals surface area contributed by atoms with E-state index in [4.69, 9.17) is 33.2 Å². The Labute approximate surface area is 522 Å². The molecule has 1 amide bonds. The molecule has 1 saturated heterocycles. The van der Waals surface area contributed by atoms with E-state index in [1.807, 2.05) is 117 Å². The molecule has 3 heterocycles. The Balaban J connectivity index is 1.09. The fourth-order valence-electron chi connectivity index (χ4n) is 13.5. The molecule has 16 nitrogen and oxygen atoms in total. The van der Waals surface area contributed by atoms with Crippen LogP contribution in [0.25, 0.3) is 16.8 Å². The molecule has 0 radical (unpaired) electrons. The van der Waals surface area contributed by atoms with Gasteiger partial charge in [-0.1, -0.05) is 106 Å². The minimum Gasteiger partial charge on any atom is -0.482 e. The summed E-state index contributed by atoms with van der Waals surface area (Å²) in [4.78, 5) is 100. The minimum atomic E-state index is -2.41. The number of ether oxygens (including phenoxy) is 7. The highest BCUT2D eigenvalue weighted by Gasteiger charge is 2.73. The number of aliphatic hydroxyl groups is 1. The molecule has 4 aromatic rings. The Morgan fingerprint density at radius 1 is 0.831 bits per heavy atom. The van der Waals surface area contributed by atoms with Crippen LogP contribution in [0, 0.1) is 23.7 Å². The third-order valence-corrected chi connectivity index (χ3v) is 18.5. The number of rotatable bonds is 21. The Morgan fingerprint density at radius 2 is 1.51 bits per heavy atom. The number of hydrogen-bond donors (Lipinski definition) is 1. The van der Waals surface area contributed by atoms with E-state index in [1.54, 1.807) is 33.0 Å². The quantitative estimate of drug-likeness (QED) is 0.0356. The van der Waals surface area contributed by atoms with Crippen LogP contribution in [0.1, 0.15) is 166 Å². The monoisotopic (exact) mass is 1220 g/mol. The SMILES string of the molecule is CC[C@H]1O[C@@H](Oc2ccc(C(=O)Oc3c4c(c(CC=C(C)C)c5c3C(=O)C3=CC6CC(C(C)C)C3(O5)C(O)(C/C=C(/C)C(=O)N(C)C(C)C(=O)CCc3cccc5ccccc35)C6=O)OC(C)(CCC=C(C)C)C=C4)cc2)[C@H](OC(C)=O)[C@@H](OC(C)=O)[C@@H]1C. The van der Waals surface area contributed by atoms with Crippen molar-refractivity contribution in [3.05, 3.63) is 147 Å². The van der Waals surface area contributed by atoms with Crippen molar-refractivity contribution in [2.75, 3.05) is 7.05 Å². The molecule has 1 N–H and O–H groups in total. The van der Waals surface area contributed by atoms with Crippen molar-refractivity contribution in [1.29, 1.82) is 0 Å². The minimum absolute atomic E-state index is 0.0111. The van der Waals surface area contributed by atoms with E-state index in [-0.39, 0.29) is 76.4 Å². The van der Waals surface area contributed by atoms with Crippen LogP contribution in [-0.2, 0) is 51.0 Å². The van der Waals surface area contributed by atoms with E-state index in [1.165, 1.54) is 49.1 Å². The van der Waals surface area contributed by atoms with Gasteiger partial charge in [0.1, 0.15) is 34.5 Å². The average molecular weight is 1220 g/mol. The standard InChI is InChI=1S/C73H85NO15/c1-15-59-44(9)62(83-46(11)75)66(84-47(12)76)70(86-59)85-52-29-26-50(27-30-52)69(81)87-64-55-34-36-71(13,35-19-20-40(2)3)88-63(55)54(31-25-41(4)5)65-60(64)61(78)57-39-51-38-56(42(6)7)73(57,89-65)72(82,67(51)79)37-33-43(8)68(80)74(14)45(10)58(77)32-28-49-23-18-22-48-21-16-17-24-53(48)49/h16-18,20-27,29-30,33-34,36,39,42,44-45,51,56,59,62,66,70,82H,15,19,28,31-32,35,37-38H2,1-14H3/b43-33-/t44-,45?,51?,56?,59-,62+,66-,70-,71?,72?,73?/m1/s1. The van der Waals surface area contributed by atoms with Gasteiger partial charge in [0.15, 0.2) is 34.3 Å². The van der Waals surface area contributed by atoms with Crippen molar-refractivity contribution in [3.63, 3.8) is 0 Å². The number of esters is 3. The van der Waals surface area contributed by atoms with Gasteiger partial charge in [-0.15, -0.1) is 0 Å². The van der Waals surface area contributed by atoms with Crippen molar-refractivity contribution >= 4 is 58.0 Å². The van der Waals surface area contributed by atoms with Crippen molar-refractivity contribution in [2.45, 2.75) is 189 Å². The molecule has 3 aliphatic carbocycles. The second kappa shape index (κ2) is 26.2. The molecule has 1 saturated carbocycles. The van der Waals surface area contributed by atoms with Gasteiger partial charge in [0.2, 0.25) is 18.3 Å². The van der Waals surface area contributed by atoms with E-state index < -0.39 is 101 Å². The predicted octanol–water partition coefficient (Wildman–Crippen LogP) is 12.7. The maximum Gasteiger partial charge on any atom is 0.343 e. The normalized spacial score (nSPS) is 26.1. The lowest BCUT2D eigenvalue weighted by molar-refractivity contribution is -0.266. The fourth-order valence-corrected chi connectivity index (χ4v) is 13.5. The van der Waals surface area contributed by atoms with Gasteiger partial charge in [-0.2, -0.15) is 0 Å². The summed E-state index contributed by atoms with van der Waals surface area (Å²) in [6, 6.07) is 19.2. The summed E-state index contributed by atoms with van der Waals surface area (Å²) in [5.74, 6) is -5.64. The number of nitrogens with zero attached hydrogens (tertiary/aromatic N) is 1. The van der Waals surface area contributed by atoms with Crippen LogP contribution >= 0.6 is 0 Å². The highest BCUT2D eigenvalue weighted by molar-refractivity contribution is 6.19.